The van der Waals surface area contributed by atoms with Crippen LogP contribution in [0.3, 0.4) is 0 Å². The molecule has 25 heavy (non-hydrogen) atoms. The van der Waals surface area contributed by atoms with Gasteiger partial charge in [-0.25, -0.2) is 0 Å². The summed E-state index contributed by atoms with van der Waals surface area (Å²) in [6.07, 6.45) is 7.32. The van der Waals surface area contributed by atoms with Crippen molar-refractivity contribution in [3.8, 4) is 0 Å². The molecule has 4 heteroatoms. The number of aryl methyl sites for hydroxylation is 3. The highest BCUT2D eigenvalue weighted by Gasteiger charge is 2.22. The van der Waals surface area contributed by atoms with E-state index in [1.54, 1.807) is 11.1 Å². The Morgan fingerprint density at radius 2 is 2.00 bits per heavy atom. The lowest BCUT2D eigenvalue weighted by atomic mass is 10.0. The number of rotatable bonds is 5. The van der Waals surface area contributed by atoms with Crippen LogP contribution in [0.2, 0.25) is 0 Å². The maximum Gasteiger partial charge on any atom is 0.0640 e. The zero-order valence-electron chi connectivity index (χ0n) is 15.5. The summed E-state index contributed by atoms with van der Waals surface area (Å²) in [5, 5.41) is 11.2. The monoisotopic (exact) mass is 338 g/mol. The molecule has 1 aromatic heterocycles. The third-order valence-electron chi connectivity index (χ3n) is 5.74. The Kier molecular flexibility index (Phi) is 4.80. The molecule has 0 saturated carbocycles. The number of nitrogens with zero attached hydrogens (tertiary/aromatic N) is 2. The van der Waals surface area contributed by atoms with Crippen LogP contribution in [-0.4, -0.2) is 35.4 Å². The van der Waals surface area contributed by atoms with Crippen molar-refractivity contribution < 1.29 is 0 Å². The zero-order valence-corrected chi connectivity index (χ0v) is 15.5. The van der Waals surface area contributed by atoms with Gasteiger partial charge in [-0.1, -0.05) is 6.07 Å². The molecule has 1 aromatic carbocycles. The lowest BCUT2D eigenvalue weighted by Crippen LogP contribution is -2.46. The highest BCUT2D eigenvalue weighted by atomic mass is 15.2. The minimum atomic E-state index is 0.472. The van der Waals surface area contributed by atoms with E-state index >= 15 is 0 Å². The Morgan fingerprint density at radius 3 is 2.76 bits per heavy atom. The van der Waals surface area contributed by atoms with E-state index in [0.29, 0.717) is 12.1 Å². The average Bonchev–Trinajstić information content (AvgIpc) is 3.23. The van der Waals surface area contributed by atoms with E-state index in [1.165, 1.54) is 37.8 Å². The molecule has 0 spiro atoms. The van der Waals surface area contributed by atoms with E-state index in [2.05, 4.69) is 58.5 Å². The minimum absolute atomic E-state index is 0.472. The number of nitrogens with one attached hydrogen (secondary N) is 2. The first-order valence-electron chi connectivity index (χ1n) is 9.81. The summed E-state index contributed by atoms with van der Waals surface area (Å²) >= 11 is 0. The summed E-state index contributed by atoms with van der Waals surface area (Å²) in [6.45, 7) is 6.65. The molecule has 1 aliphatic carbocycles. The van der Waals surface area contributed by atoms with Crippen molar-refractivity contribution in [1.29, 1.82) is 0 Å². The summed E-state index contributed by atoms with van der Waals surface area (Å²) < 4.78 is 0. The van der Waals surface area contributed by atoms with Gasteiger partial charge >= 0.3 is 0 Å². The van der Waals surface area contributed by atoms with Gasteiger partial charge < -0.3 is 10.2 Å². The number of benzene rings is 1. The quantitative estimate of drug-likeness (QED) is 0.878. The number of aromatic nitrogens is 2. The zero-order chi connectivity index (χ0) is 17.2. The van der Waals surface area contributed by atoms with Gasteiger partial charge in [-0.3, -0.25) is 5.10 Å². The van der Waals surface area contributed by atoms with E-state index in [-0.39, 0.29) is 0 Å². The number of hydrogen-bond acceptors (Lipinski definition) is 3. The Bertz CT molecular complexity index is 712. The molecule has 1 unspecified atom stereocenters. The first-order valence-corrected chi connectivity index (χ1v) is 9.81. The molecule has 1 saturated heterocycles. The van der Waals surface area contributed by atoms with Gasteiger partial charge in [0.2, 0.25) is 0 Å². The lowest BCUT2D eigenvalue weighted by molar-refractivity contribution is 0.374. The van der Waals surface area contributed by atoms with Crippen molar-refractivity contribution in [2.75, 3.05) is 18.0 Å². The van der Waals surface area contributed by atoms with Crippen molar-refractivity contribution in [2.24, 2.45) is 0 Å². The molecule has 2 heterocycles. The molecule has 1 atom stereocenters. The fourth-order valence-electron chi connectivity index (χ4n) is 4.41. The van der Waals surface area contributed by atoms with Crippen LogP contribution in [0.25, 0.3) is 0 Å². The topological polar surface area (TPSA) is 44.0 Å². The number of piperidine rings is 1. The van der Waals surface area contributed by atoms with Gasteiger partial charge in [-0.05, 0) is 75.3 Å². The van der Waals surface area contributed by atoms with E-state index in [4.69, 9.17) is 0 Å². The van der Waals surface area contributed by atoms with Crippen LogP contribution in [0.1, 0.15) is 48.7 Å². The van der Waals surface area contributed by atoms with E-state index in [9.17, 15) is 0 Å². The fraction of sp³-hybridized carbons (Fsp3) is 0.571. The Balaban J connectivity index is 1.28. The first-order chi connectivity index (χ1) is 12.2. The summed E-state index contributed by atoms with van der Waals surface area (Å²) in [7, 11) is 0. The summed E-state index contributed by atoms with van der Waals surface area (Å²) in [5.74, 6) is 0. The van der Waals surface area contributed by atoms with E-state index in [0.717, 1.165) is 30.9 Å². The Morgan fingerprint density at radius 1 is 1.20 bits per heavy atom. The van der Waals surface area contributed by atoms with Gasteiger partial charge in [0.25, 0.3) is 0 Å². The smallest absolute Gasteiger partial charge is 0.0640 e. The van der Waals surface area contributed by atoms with Crippen molar-refractivity contribution >= 4 is 5.69 Å². The van der Waals surface area contributed by atoms with Gasteiger partial charge in [0.05, 0.1) is 5.69 Å². The molecule has 134 valence electrons. The third-order valence-corrected chi connectivity index (χ3v) is 5.74. The van der Waals surface area contributed by atoms with Crippen molar-refractivity contribution in [2.45, 2.75) is 64.5 Å². The molecular formula is C21H30N4. The van der Waals surface area contributed by atoms with Gasteiger partial charge in [0, 0.05) is 43.0 Å². The first kappa shape index (κ1) is 16.6. The standard InChI is InChI=1S/C21H30N4/c1-15(12-20-13-16(2)23-24-20)22-19-8-10-25(11-9-19)21-7-6-17-4-3-5-18(17)14-21/h6-7,13-15,19,22H,3-5,8-12H2,1-2H3,(H,23,24). The average molecular weight is 338 g/mol. The molecule has 0 radical (unpaired) electrons. The molecule has 1 aliphatic heterocycles. The molecule has 2 aliphatic rings. The van der Waals surface area contributed by atoms with E-state index in [1.807, 2.05) is 0 Å². The number of fused-ring (bicyclic) bond motifs is 1. The van der Waals surface area contributed by atoms with Crippen LogP contribution >= 0.6 is 0 Å². The summed E-state index contributed by atoms with van der Waals surface area (Å²) in [6, 6.07) is 10.4. The van der Waals surface area contributed by atoms with Crippen molar-refractivity contribution in [3.63, 3.8) is 0 Å². The second-order valence-corrected chi connectivity index (χ2v) is 7.88. The molecule has 2 aromatic rings. The number of hydrogen-bond donors (Lipinski definition) is 2. The number of anilines is 1. The number of H-pyrrole nitrogens is 1. The summed E-state index contributed by atoms with van der Waals surface area (Å²) in [4.78, 5) is 2.57. The normalized spacial score (nSPS) is 19.2. The predicted octanol–water partition coefficient (Wildman–Crippen LogP) is 3.40. The van der Waals surface area contributed by atoms with Gasteiger partial charge in [0.1, 0.15) is 0 Å². The maximum atomic E-state index is 4.36. The largest absolute Gasteiger partial charge is 0.371 e. The second-order valence-electron chi connectivity index (χ2n) is 7.88. The molecule has 0 bridgehead atoms. The SMILES string of the molecule is Cc1cc(CC(C)NC2CCN(c3ccc4c(c3)CCC4)CC2)n[nH]1. The highest BCUT2D eigenvalue weighted by Crippen LogP contribution is 2.28. The molecule has 0 amide bonds. The van der Waals surface area contributed by atoms with E-state index < -0.39 is 0 Å². The van der Waals surface area contributed by atoms with Crippen LogP contribution in [0, 0.1) is 6.92 Å². The minimum Gasteiger partial charge on any atom is -0.371 e. The molecular weight excluding hydrogens is 308 g/mol. The van der Waals surface area contributed by atoms with Crippen LogP contribution in [0.4, 0.5) is 5.69 Å². The molecule has 2 N–H and O–H groups in total. The lowest BCUT2D eigenvalue weighted by Gasteiger charge is -2.35. The van der Waals surface area contributed by atoms with Gasteiger partial charge in [-0.15, -0.1) is 0 Å². The maximum absolute atomic E-state index is 4.36. The Hall–Kier alpha value is -1.81. The third kappa shape index (κ3) is 3.90. The number of aromatic amines is 1. The predicted molar refractivity (Wildman–Crippen MR) is 103 cm³/mol. The van der Waals surface area contributed by atoms with Crippen molar-refractivity contribution in [1.82, 2.24) is 15.5 Å². The van der Waals surface area contributed by atoms with Crippen LogP contribution in [-0.2, 0) is 19.3 Å². The molecule has 4 nitrogen and oxygen atoms in total. The molecule has 1 fully saturated rings. The summed E-state index contributed by atoms with van der Waals surface area (Å²) in [5.41, 5.74) is 6.89. The second kappa shape index (κ2) is 7.20. The highest BCUT2D eigenvalue weighted by molar-refractivity contribution is 5.52. The van der Waals surface area contributed by atoms with Crippen LogP contribution < -0.4 is 10.2 Å². The van der Waals surface area contributed by atoms with Crippen molar-refractivity contribution in [3.05, 3.63) is 46.8 Å². The molecule has 4 rings (SSSR count). The van der Waals surface area contributed by atoms with Crippen LogP contribution in [0.5, 0.6) is 0 Å². The van der Waals surface area contributed by atoms with Crippen LogP contribution in [0.15, 0.2) is 24.3 Å². The Labute approximate surface area is 151 Å². The van der Waals surface area contributed by atoms with Gasteiger partial charge in [-0.2, -0.15) is 5.10 Å². The fourth-order valence-corrected chi connectivity index (χ4v) is 4.41. The van der Waals surface area contributed by atoms with Gasteiger partial charge in [0.15, 0.2) is 0 Å².